The summed E-state index contributed by atoms with van der Waals surface area (Å²) >= 11 is 0. The topological polar surface area (TPSA) is 119 Å². The van der Waals surface area contributed by atoms with Crippen molar-refractivity contribution in [1.29, 1.82) is 0 Å². The number of methoxy groups -OCH3 is 1. The first kappa shape index (κ1) is 26.0. The van der Waals surface area contributed by atoms with Crippen molar-refractivity contribution >= 4 is 27.6 Å². The van der Waals surface area contributed by atoms with Crippen LogP contribution in [0.3, 0.4) is 0 Å². The molecule has 0 unspecified atom stereocenters. The van der Waals surface area contributed by atoms with Crippen LogP contribution in [0.1, 0.15) is 26.3 Å². The lowest BCUT2D eigenvalue weighted by atomic mass is 9.89. The molecule has 194 valence electrons. The van der Waals surface area contributed by atoms with E-state index in [2.05, 4.69) is 5.32 Å². The first-order valence-electron chi connectivity index (χ1n) is 11.7. The number of hydrogen-bond acceptors (Lipinski definition) is 7. The highest BCUT2D eigenvalue weighted by Crippen LogP contribution is 2.37. The van der Waals surface area contributed by atoms with Crippen LogP contribution >= 0.6 is 0 Å². The molecule has 1 aromatic heterocycles. The van der Waals surface area contributed by atoms with Gasteiger partial charge in [-0.25, -0.2) is 4.39 Å². The fraction of sp³-hybridized carbons (Fsp3) is 0.462. The van der Waals surface area contributed by atoms with E-state index in [0.717, 1.165) is 5.56 Å². The van der Waals surface area contributed by atoms with Gasteiger partial charge in [-0.15, -0.1) is 0 Å². The summed E-state index contributed by atoms with van der Waals surface area (Å²) in [7, 11) is 2.93. The third kappa shape index (κ3) is 4.45. The zero-order valence-electron chi connectivity index (χ0n) is 20.9. The van der Waals surface area contributed by atoms with Crippen molar-refractivity contribution in [2.45, 2.75) is 57.4 Å². The Morgan fingerprint density at radius 1 is 1.19 bits per heavy atom. The van der Waals surface area contributed by atoms with Gasteiger partial charge in [0.25, 0.3) is 5.56 Å². The minimum atomic E-state index is -1.44. The van der Waals surface area contributed by atoms with Crippen LogP contribution in [-0.2, 0) is 27.7 Å². The molecule has 1 aliphatic rings. The van der Waals surface area contributed by atoms with Crippen molar-refractivity contribution in [2.24, 2.45) is 7.05 Å². The number of aliphatic hydroxyl groups is 2. The molecule has 4 rings (SSSR count). The van der Waals surface area contributed by atoms with E-state index < -0.39 is 41.6 Å². The van der Waals surface area contributed by atoms with E-state index in [0.29, 0.717) is 29.3 Å². The summed E-state index contributed by atoms with van der Waals surface area (Å²) in [5.74, 6) is -0.612. The molecule has 10 heteroatoms. The molecule has 0 saturated carbocycles. The molecule has 1 aliphatic heterocycles. The van der Waals surface area contributed by atoms with Gasteiger partial charge < -0.3 is 34.3 Å². The number of pyridine rings is 1. The number of carbonyl (C=O) groups excluding carboxylic acids is 1. The average Bonchev–Trinajstić information content (AvgIpc) is 2.81. The number of hydrogen-bond donors (Lipinski definition) is 3. The van der Waals surface area contributed by atoms with Crippen molar-refractivity contribution in [2.75, 3.05) is 13.7 Å². The summed E-state index contributed by atoms with van der Waals surface area (Å²) < 4.78 is 33.4. The Kier molecular flexibility index (Phi) is 7.07. The van der Waals surface area contributed by atoms with E-state index in [1.165, 1.54) is 37.8 Å². The first-order chi connectivity index (χ1) is 17.0. The number of aryl methyl sites for hydroxylation is 1. The Morgan fingerprint density at radius 3 is 2.58 bits per heavy atom. The van der Waals surface area contributed by atoms with Crippen molar-refractivity contribution in [3.63, 3.8) is 0 Å². The fourth-order valence-electron chi connectivity index (χ4n) is 4.97. The van der Waals surface area contributed by atoms with Gasteiger partial charge in [0.15, 0.2) is 0 Å². The molecule has 2 heterocycles. The van der Waals surface area contributed by atoms with Gasteiger partial charge in [0.1, 0.15) is 29.9 Å². The maximum atomic E-state index is 14.8. The van der Waals surface area contributed by atoms with E-state index in [1.54, 1.807) is 32.0 Å². The Morgan fingerprint density at radius 2 is 1.92 bits per heavy atom. The third-order valence-corrected chi connectivity index (χ3v) is 6.67. The van der Waals surface area contributed by atoms with E-state index >= 15 is 0 Å². The van der Waals surface area contributed by atoms with Crippen molar-refractivity contribution < 1.29 is 33.6 Å². The molecule has 3 N–H and O–H groups in total. The lowest BCUT2D eigenvalue weighted by molar-refractivity contribution is -0.305. The molecule has 0 spiro atoms. The van der Waals surface area contributed by atoms with Crippen LogP contribution in [0, 0.1) is 5.82 Å². The number of nitrogens with zero attached hydrogens (tertiary/aromatic N) is 1. The number of rotatable bonds is 6. The molecule has 2 aromatic carbocycles. The Labute approximate surface area is 207 Å². The maximum absolute atomic E-state index is 14.8. The van der Waals surface area contributed by atoms with E-state index in [9.17, 15) is 24.2 Å². The molecule has 1 amide bonds. The average molecular weight is 503 g/mol. The largest absolute Gasteiger partial charge is 0.460 e. The second-order valence-corrected chi connectivity index (χ2v) is 9.55. The molecule has 36 heavy (non-hydrogen) atoms. The fourth-order valence-corrected chi connectivity index (χ4v) is 4.97. The van der Waals surface area contributed by atoms with Gasteiger partial charge in [-0.05, 0) is 43.4 Å². The van der Waals surface area contributed by atoms with E-state index in [1.807, 2.05) is 0 Å². The number of benzene rings is 2. The summed E-state index contributed by atoms with van der Waals surface area (Å²) in [4.78, 5) is 24.6. The monoisotopic (exact) mass is 502 g/mol. The molecular formula is C26H31FN2O7. The van der Waals surface area contributed by atoms with Gasteiger partial charge >= 0.3 is 0 Å². The van der Waals surface area contributed by atoms with Crippen LogP contribution in [-0.4, -0.2) is 64.5 Å². The minimum Gasteiger partial charge on any atom is -0.460 e. The van der Waals surface area contributed by atoms with Crippen molar-refractivity contribution in [3.05, 3.63) is 52.1 Å². The van der Waals surface area contributed by atoms with Crippen LogP contribution in [0.4, 0.5) is 4.39 Å². The quantitative estimate of drug-likeness (QED) is 0.440. The van der Waals surface area contributed by atoms with Crippen LogP contribution in [0.15, 0.2) is 35.1 Å². The third-order valence-electron chi connectivity index (χ3n) is 6.67. The number of amides is 1. The number of aromatic nitrogens is 1. The summed E-state index contributed by atoms with van der Waals surface area (Å²) in [5.41, 5.74) is -0.407. The number of nitrogens with one attached hydrogen (secondary N) is 1. The molecule has 0 bridgehead atoms. The van der Waals surface area contributed by atoms with Gasteiger partial charge in [-0.2, -0.15) is 0 Å². The summed E-state index contributed by atoms with van der Waals surface area (Å²) in [6, 6.07) is 7.82. The van der Waals surface area contributed by atoms with Crippen molar-refractivity contribution in [1.82, 2.24) is 9.88 Å². The van der Waals surface area contributed by atoms with Crippen LogP contribution in [0.25, 0.3) is 21.7 Å². The second kappa shape index (κ2) is 9.78. The molecule has 9 nitrogen and oxygen atoms in total. The first-order valence-corrected chi connectivity index (χ1v) is 11.7. The van der Waals surface area contributed by atoms with Crippen LogP contribution in [0.2, 0.25) is 0 Å². The summed E-state index contributed by atoms with van der Waals surface area (Å²) in [6.45, 7) is 5.18. The van der Waals surface area contributed by atoms with Gasteiger partial charge in [-0.3, -0.25) is 9.59 Å². The standard InChI is InChI=1S/C26H31FN2O7/c1-13(30)28-12-11-14-9-10-17(35-25-22(32)21(31)23(34-5)26(2,3)36-25)20-18(14)15-7-6-8-16(27)19(15)24(33)29(20)4/h6-10,21-23,25,31-32H,11-12H2,1-5H3,(H,28,30)/t21-,22+,23+,25+/m0/s1. The minimum absolute atomic E-state index is 0.0566. The second-order valence-electron chi connectivity index (χ2n) is 9.55. The van der Waals surface area contributed by atoms with E-state index in [-0.39, 0.29) is 17.0 Å². The van der Waals surface area contributed by atoms with E-state index in [4.69, 9.17) is 14.2 Å². The number of ether oxygens (including phenoxy) is 3. The Balaban J connectivity index is 1.89. The highest BCUT2D eigenvalue weighted by atomic mass is 19.1. The summed E-state index contributed by atoms with van der Waals surface area (Å²) in [6.07, 6.45) is -4.37. The predicted octanol–water partition coefficient (Wildman–Crippen LogP) is 1.76. The number of aliphatic hydroxyl groups excluding tert-OH is 2. The van der Waals surface area contributed by atoms with Crippen molar-refractivity contribution in [3.8, 4) is 5.75 Å². The molecule has 1 fully saturated rings. The highest BCUT2D eigenvalue weighted by Gasteiger charge is 2.50. The molecular weight excluding hydrogens is 471 g/mol. The molecule has 0 aliphatic carbocycles. The molecule has 4 atom stereocenters. The van der Waals surface area contributed by atoms with Gasteiger partial charge in [0.2, 0.25) is 12.2 Å². The van der Waals surface area contributed by atoms with Gasteiger partial charge in [0, 0.05) is 33.0 Å². The zero-order chi connectivity index (χ0) is 26.4. The predicted molar refractivity (Wildman–Crippen MR) is 131 cm³/mol. The molecule has 3 aromatic rings. The summed E-state index contributed by atoms with van der Waals surface area (Å²) in [5, 5.41) is 25.0. The number of carbonyl (C=O) groups is 1. The lowest BCUT2D eigenvalue weighted by Crippen LogP contribution is -2.63. The number of halogens is 1. The SMILES string of the molecule is CO[C@@H]1[C@@H](O)[C@@H](O)[C@H](Oc2ccc(CCNC(C)=O)c3c4cccc(F)c4c(=O)n(C)c23)OC1(C)C. The normalized spacial score (nSPS) is 23.7. The molecule has 1 saturated heterocycles. The Bertz CT molecular complexity index is 1370. The highest BCUT2D eigenvalue weighted by molar-refractivity contribution is 6.09. The zero-order valence-corrected chi connectivity index (χ0v) is 20.9. The van der Waals surface area contributed by atoms with Gasteiger partial charge in [-0.1, -0.05) is 18.2 Å². The van der Waals surface area contributed by atoms with Crippen LogP contribution < -0.4 is 15.6 Å². The number of fused-ring (bicyclic) bond motifs is 3. The molecule has 0 radical (unpaired) electrons. The smallest absolute Gasteiger partial charge is 0.261 e. The van der Waals surface area contributed by atoms with Crippen LogP contribution in [0.5, 0.6) is 5.75 Å². The van der Waals surface area contributed by atoms with Gasteiger partial charge in [0.05, 0.1) is 16.5 Å². The maximum Gasteiger partial charge on any atom is 0.261 e. The Hall–Kier alpha value is -3.05. The lowest BCUT2D eigenvalue weighted by Gasteiger charge is -2.46.